The zero-order valence-electron chi connectivity index (χ0n) is 15.3. The number of aliphatic hydroxyl groups excluding tert-OH is 1. The topological polar surface area (TPSA) is 117 Å². The monoisotopic (exact) mass is 359 g/mol. The first-order valence-corrected chi connectivity index (χ1v) is 11.2. The third-order valence-corrected chi connectivity index (χ3v) is 9.07. The highest BCUT2D eigenvalue weighted by Gasteiger charge is 2.65. The summed E-state index contributed by atoms with van der Waals surface area (Å²) in [6, 6.07) is 0. The summed E-state index contributed by atoms with van der Waals surface area (Å²) >= 11 is 0. The molecule has 2 rings (SSSR count). The molecule has 138 valence electrons. The van der Waals surface area contributed by atoms with Gasteiger partial charge in [0.1, 0.15) is 6.10 Å². The molecule has 0 amide bonds. The number of hydrogen-bond acceptors (Lipinski definition) is 6. The maximum Gasteiger partial charge on any atom is 0.188 e. The lowest BCUT2D eigenvalue weighted by atomic mass is 9.87. The van der Waals surface area contributed by atoms with E-state index in [0.29, 0.717) is 12.8 Å². The van der Waals surface area contributed by atoms with Crippen LogP contribution in [0.15, 0.2) is 5.11 Å². The number of nitrogens with zero attached hydrogens (tertiary/aromatic N) is 3. The molecular formula is C15H29N3O5Si. The molecule has 0 aromatic rings. The van der Waals surface area contributed by atoms with Gasteiger partial charge in [0.2, 0.25) is 0 Å². The van der Waals surface area contributed by atoms with Crippen molar-refractivity contribution >= 4 is 8.32 Å². The lowest BCUT2D eigenvalue weighted by molar-refractivity contribution is -0.247. The van der Waals surface area contributed by atoms with Crippen LogP contribution in [0.25, 0.3) is 10.4 Å². The SMILES string of the molecule is CC1(C)O[C@@H]2[C@@H](CN=[N+]=[N-])OC(O)[C@]2(CCC(C)(C)[Si](C)(C)O)O1. The number of rotatable bonds is 6. The molecule has 1 unspecified atom stereocenters. The van der Waals surface area contributed by atoms with E-state index in [0.717, 1.165) is 0 Å². The Morgan fingerprint density at radius 3 is 2.50 bits per heavy atom. The van der Waals surface area contributed by atoms with Crippen molar-refractivity contribution < 1.29 is 24.1 Å². The van der Waals surface area contributed by atoms with Gasteiger partial charge >= 0.3 is 0 Å². The molecule has 4 atom stereocenters. The largest absolute Gasteiger partial charge is 0.432 e. The van der Waals surface area contributed by atoms with Crippen LogP contribution in [0.3, 0.4) is 0 Å². The van der Waals surface area contributed by atoms with E-state index in [1.54, 1.807) is 13.8 Å². The summed E-state index contributed by atoms with van der Waals surface area (Å²) in [6.07, 6.45) is -1.10. The van der Waals surface area contributed by atoms with Gasteiger partial charge in [-0.05, 0) is 50.4 Å². The van der Waals surface area contributed by atoms with Crippen LogP contribution < -0.4 is 0 Å². The van der Waals surface area contributed by atoms with E-state index < -0.39 is 38.2 Å². The van der Waals surface area contributed by atoms with E-state index in [9.17, 15) is 9.90 Å². The third kappa shape index (κ3) is 3.48. The molecule has 2 aliphatic rings. The summed E-state index contributed by atoms with van der Waals surface area (Å²) in [4.78, 5) is 13.3. The van der Waals surface area contributed by atoms with E-state index in [-0.39, 0.29) is 11.6 Å². The van der Waals surface area contributed by atoms with Gasteiger partial charge in [-0.25, -0.2) is 0 Å². The Morgan fingerprint density at radius 1 is 1.33 bits per heavy atom. The minimum Gasteiger partial charge on any atom is -0.432 e. The first-order valence-electron chi connectivity index (χ1n) is 8.29. The van der Waals surface area contributed by atoms with Gasteiger partial charge in [0.05, 0.1) is 12.6 Å². The predicted molar refractivity (Wildman–Crippen MR) is 90.6 cm³/mol. The fourth-order valence-electron chi connectivity index (χ4n) is 3.27. The Labute approximate surface area is 143 Å². The van der Waals surface area contributed by atoms with E-state index in [1.165, 1.54) is 0 Å². The molecule has 2 saturated heterocycles. The number of fused-ring (bicyclic) bond motifs is 1. The Hall–Kier alpha value is -0.673. The molecule has 0 aromatic heterocycles. The third-order valence-electron chi connectivity index (χ3n) is 5.51. The van der Waals surface area contributed by atoms with Gasteiger partial charge in [-0.15, -0.1) is 0 Å². The van der Waals surface area contributed by atoms with E-state index in [1.807, 2.05) is 26.9 Å². The standard InChI is InChI=1S/C15H29N3O5Si/c1-13(2,24(5,6)20)7-8-15-11(22-14(3,4)23-15)10(9-17-18-16)21-12(15)19/h10-12,19-20H,7-9H2,1-6H3/t10-,11-,12?,15-/m1/s1. The second-order valence-electron chi connectivity index (χ2n) is 8.38. The molecule has 24 heavy (non-hydrogen) atoms. The van der Waals surface area contributed by atoms with Gasteiger partial charge < -0.3 is 24.1 Å². The smallest absolute Gasteiger partial charge is 0.188 e. The van der Waals surface area contributed by atoms with Crippen LogP contribution in [0.2, 0.25) is 18.1 Å². The van der Waals surface area contributed by atoms with E-state index in [2.05, 4.69) is 10.0 Å². The Morgan fingerprint density at radius 2 is 1.96 bits per heavy atom. The minimum atomic E-state index is -2.39. The molecule has 8 nitrogen and oxygen atoms in total. The average molecular weight is 359 g/mol. The van der Waals surface area contributed by atoms with Gasteiger partial charge in [-0.1, -0.05) is 19.0 Å². The Kier molecular flexibility index (Phi) is 5.11. The highest BCUT2D eigenvalue weighted by Crippen LogP contribution is 2.51. The predicted octanol–water partition coefficient (Wildman–Crippen LogP) is 2.66. The zero-order valence-corrected chi connectivity index (χ0v) is 16.3. The van der Waals surface area contributed by atoms with Crippen molar-refractivity contribution in [3.8, 4) is 0 Å². The summed E-state index contributed by atoms with van der Waals surface area (Å²) in [7, 11) is -2.39. The molecule has 2 fully saturated rings. The number of aliphatic hydroxyl groups is 1. The van der Waals surface area contributed by atoms with Crippen LogP contribution in [0.5, 0.6) is 0 Å². The van der Waals surface area contributed by atoms with Crippen LogP contribution in [-0.2, 0) is 14.2 Å². The fourth-order valence-corrected chi connectivity index (χ4v) is 4.00. The summed E-state index contributed by atoms with van der Waals surface area (Å²) in [5, 5.41) is 13.8. The quantitative estimate of drug-likeness (QED) is 0.327. The molecular weight excluding hydrogens is 330 g/mol. The fraction of sp³-hybridized carbons (Fsp3) is 1.00. The summed E-state index contributed by atoms with van der Waals surface area (Å²) in [5.74, 6) is -0.861. The van der Waals surface area contributed by atoms with Crippen LogP contribution in [-0.4, -0.2) is 54.7 Å². The van der Waals surface area contributed by atoms with Crippen molar-refractivity contribution in [1.82, 2.24) is 0 Å². The minimum absolute atomic E-state index is 0.0725. The molecule has 0 aromatic carbocycles. The Bertz CT molecular complexity index is 530. The van der Waals surface area contributed by atoms with E-state index in [4.69, 9.17) is 19.7 Å². The normalized spacial score (nSPS) is 35.6. The van der Waals surface area contributed by atoms with Gasteiger partial charge in [0.15, 0.2) is 26.0 Å². The van der Waals surface area contributed by atoms with Crippen molar-refractivity contribution in [2.24, 2.45) is 5.11 Å². The van der Waals surface area contributed by atoms with Crippen molar-refractivity contribution in [1.29, 1.82) is 0 Å². The van der Waals surface area contributed by atoms with Crippen LogP contribution >= 0.6 is 0 Å². The number of hydrogen-bond donors (Lipinski definition) is 2. The second-order valence-corrected chi connectivity index (χ2v) is 12.9. The maximum atomic E-state index is 10.5. The van der Waals surface area contributed by atoms with Crippen molar-refractivity contribution in [3.05, 3.63) is 10.4 Å². The van der Waals surface area contributed by atoms with E-state index >= 15 is 0 Å². The van der Waals surface area contributed by atoms with Gasteiger partial charge in [0, 0.05) is 4.91 Å². The van der Waals surface area contributed by atoms with Crippen LogP contribution in [0.1, 0.15) is 40.5 Å². The van der Waals surface area contributed by atoms with Crippen molar-refractivity contribution in [3.63, 3.8) is 0 Å². The summed E-state index contributed by atoms with van der Waals surface area (Å²) in [6.45, 7) is 11.5. The summed E-state index contributed by atoms with van der Waals surface area (Å²) < 4.78 is 17.6. The zero-order chi connectivity index (χ0) is 18.4. The first-order chi connectivity index (χ1) is 10.8. The average Bonchev–Trinajstić information content (AvgIpc) is 2.84. The molecule has 2 aliphatic heterocycles. The molecule has 2 N–H and O–H groups in total. The number of azide groups is 1. The molecule has 0 radical (unpaired) electrons. The Balaban J connectivity index is 2.24. The molecule has 0 aliphatic carbocycles. The van der Waals surface area contributed by atoms with Gasteiger partial charge in [-0.3, -0.25) is 0 Å². The lowest BCUT2D eigenvalue weighted by Crippen LogP contribution is -2.49. The van der Waals surface area contributed by atoms with Crippen LogP contribution in [0, 0.1) is 0 Å². The van der Waals surface area contributed by atoms with Crippen molar-refractivity contribution in [2.75, 3.05) is 6.54 Å². The maximum absolute atomic E-state index is 10.5. The highest BCUT2D eigenvalue weighted by molar-refractivity contribution is 6.72. The van der Waals surface area contributed by atoms with Gasteiger partial charge in [-0.2, -0.15) is 0 Å². The molecule has 9 heteroatoms. The number of ether oxygens (including phenoxy) is 3. The highest BCUT2D eigenvalue weighted by atomic mass is 28.4. The molecule has 2 heterocycles. The van der Waals surface area contributed by atoms with Crippen LogP contribution in [0.4, 0.5) is 0 Å². The lowest BCUT2D eigenvalue weighted by Gasteiger charge is -2.38. The molecule has 0 bridgehead atoms. The van der Waals surface area contributed by atoms with Gasteiger partial charge in [0.25, 0.3) is 0 Å². The summed E-state index contributed by atoms with van der Waals surface area (Å²) in [5.41, 5.74) is 7.53. The van der Waals surface area contributed by atoms with Crippen molar-refractivity contribution in [2.45, 2.75) is 88.6 Å². The first kappa shape index (κ1) is 19.6. The second kappa shape index (κ2) is 6.24. The molecule has 0 spiro atoms. The molecule has 0 saturated carbocycles.